The second-order valence-electron chi connectivity index (χ2n) is 9.12. The molecule has 3 atom stereocenters. The molecule has 37 heavy (non-hydrogen) atoms. The number of nitrogens with zero attached hydrogens (tertiary/aromatic N) is 4. The minimum absolute atomic E-state index is 0.136. The molecule has 11 nitrogen and oxygen atoms in total. The third kappa shape index (κ3) is 8.32. The van der Waals surface area contributed by atoms with Gasteiger partial charge in [0.05, 0.1) is 31.8 Å². The van der Waals surface area contributed by atoms with Gasteiger partial charge in [0.25, 0.3) is 14.4 Å². The Labute approximate surface area is 219 Å². The molecule has 1 fully saturated rings. The second-order valence-corrected chi connectivity index (χ2v) is 10.6. The minimum atomic E-state index is -1.33. The average Bonchev–Trinajstić information content (AvgIpc) is 3.32. The van der Waals surface area contributed by atoms with Crippen LogP contribution >= 0.6 is 8.53 Å². The molecule has 0 saturated carbocycles. The maximum atomic E-state index is 12.5. The highest BCUT2D eigenvalue weighted by Crippen LogP contribution is 2.46. The van der Waals surface area contributed by atoms with Crippen molar-refractivity contribution in [3.8, 4) is 6.07 Å². The maximum Gasteiger partial charge on any atom is 0.259 e. The first-order valence-electron chi connectivity index (χ1n) is 12.4. The van der Waals surface area contributed by atoms with E-state index in [4.69, 9.17) is 24.8 Å². The normalized spacial score (nSPS) is 18.2. The Bertz CT molecular complexity index is 1040. The van der Waals surface area contributed by atoms with Crippen molar-refractivity contribution < 1.29 is 18.6 Å². The van der Waals surface area contributed by atoms with Crippen molar-refractivity contribution in [2.24, 2.45) is 0 Å². The smallest absolute Gasteiger partial charge is 0.259 e. The molecule has 0 aliphatic carbocycles. The molecule has 0 radical (unpaired) electrons. The predicted molar refractivity (Wildman–Crippen MR) is 144 cm³/mol. The van der Waals surface area contributed by atoms with Crippen LogP contribution in [0.1, 0.15) is 57.3 Å². The number of benzene rings is 1. The van der Waals surface area contributed by atoms with Gasteiger partial charge < -0.3 is 30.2 Å². The molecule has 1 aromatic heterocycles. The van der Waals surface area contributed by atoms with Gasteiger partial charge in [-0.15, -0.1) is 0 Å². The SMILES string of the molecule is CC(C)N(C(C)C)P(OCCC#N)OCC1CCC(Nc2ncnc(NC(=O)c3ccccc3)c2N)O1. The number of carbonyl (C=O) groups excluding carboxylic acids is 1. The summed E-state index contributed by atoms with van der Waals surface area (Å²) in [6.45, 7) is 9.08. The molecular weight excluding hydrogens is 493 g/mol. The number of hydrogen-bond donors (Lipinski definition) is 3. The van der Waals surface area contributed by atoms with E-state index in [-0.39, 0.29) is 41.8 Å². The predicted octanol–water partition coefficient (Wildman–Crippen LogP) is 4.52. The fraction of sp³-hybridized carbons (Fsp3) is 0.520. The molecule has 2 heterocycles. The van der Waals surface area contributed by atoms with Gasteiger partial charge in [-0.3, -0.25) is 4.79 Å². The quantitative estimate of drug-likeness (QED) is 0.250. The highest BCUT2D eigenvalue weighted by Gasteiger charge is 2.31. The van der Waals surface area contributed by atoms with Crippen LogP contribution in [0.5, 0.6) is 0 Å². The van der Waals surface area contributed by atoms with E-state index in [1.807, 2.05) is 6.07 Å². The van der Waals surface area contributed by atoms with Crippen LogP contribution in [0.25, 0.3) is 0 Å². The molecule has 2 aromatic rings. The molecule has 3 rings (SSSR count). The highest BCUT2D eigenvalue weighted by molar-refractivity contribution is 7.44. The number of nitrogens with one attached hydrogen (secondary N) is 2. The first kappa shape index (κ1) is 28.7. The number of nitrogen functional groups attached to an aromatic ring is 1. The van der Waals surface area contributed by atoms with Crippen LogP contribution in [0.15, 0.2) is 36.7 Å². The Morgan fingerprint density at radius 1 is 1.19 bits per heavy atom. The first-order valence-corrected chi connectivity index (χ1v) is 13.5. The van der Waals surface area contributed by atoms with Gasteiger partial charge in [-0.2, -0.15) is 5.26 Å². The van der Waals surface area contributed by atoms with Gasteiger partial charge in [0.2, 0.25) is 0 Å². The number of hydrogen-bond acceptors (Lipinski definition) is 10. The Kier molecular flexibility index (Phi) is 11.0. The lowest BCUT2D eigenvalue weighted by Crippen LogP contribution is -2.34. The Hall–Kier alpha value is -2.87. The topological polar surface area (TPSA) is 148 Å². The Morgan fingerprint density at radius 2 is 1.89 bits per heavy atom. The van der Waals surface area contributed by atoms with Crippen molar-refractivity contribution in [2.45, 2.75) is 71.4 Å². The number of aromatic nitrogens is 2. The van der Waals surface area contributed by atoms with Gasteiger partial charge in [-0.25, -0.2) is 14.6 Å². The van der Waals surface area contributed by atoms with Crippen molar-refractivity contribution in [2.75, 3.05) is 29.6 Å². The largest absolute Gasteiger partial charge is 0.393 e. The van der Waals surface area contributed by atoms with Crippen LogP contribution in [-0.4, -0.2) is 58.2 Å². The van der Waals surface area contributed by atoms with E-state index < -0.39 is 8.53 Å². The number of ether oxygens (including phenoxy) is 1. The van der Waals surface area contributed by atoms with Gasteiger partial charge in [-0.05, 0) is 52.7 Å². The summed E-state index contributed by atoms with van der Waals surface area (Å²) >= 11 is 0. The van der Waals surface area contributed by atoms with E-state index >= 15 is 0 Å². The number of rotatable bonds is 13. The molecule has 3 unspecified atom stereocenters. The van der Waals surface area contributed by atoms with Gasteiger partial charge in [0, 0.05) is 17.6 Å². The number of nitrogens with two attached hydrogens (primary N) is 1. The summed E-state index contributed by atoms with van der Waals surface area (Å²) in [5, 5.41) is 14.8. The molecular formula is C25H36N7O4P. The molecule has 0 spiro atoms. The van der Waals surface area contributed by atoms with Crippen LogP contribution in [0, 0.1) is 11.3 Å². The van der Waals surface area contributed by atoms with Gasteiger partial charge >= 0.3 is 0 Å². The van der Waals surface area contributed by atoms with E-state index in [1.165, 1.54) is 6.33 Å². The minimum Gasteiger partial charge on any atom is -0.393 e. The third-order valence-corrected chi connectivity index (χ3v) is 7.66. The fourth-order valence-electron chi connectivity index (χ4n) is 3.93. The number of anilines is 3. The molecule has 0 bridgehead atoms. The monoisotopic (exact) mass is 529 g/mol. The molecule has 1 aliphatic rings. The van der Waals surface area contributed by atoms with E-state index in [9.17, 15) is 4.79 Å². The summed E-state index contributed by atoms with van der Waals surface area (Å²) < 4.78 is 20.5. The molecule has 1 amide bonds. The van der Waals surface area contributed by atoms with Crippen LogP contribution < -0.4 is 16.4 Å². The van der Waals surface area contributed by atoms with Crippen LogP contribution in [0.4, 0.5) is 17.3 Å². The lowest BCUT2D eigenvalue weighted by Gasteiger charge is -2.36. The van der Waals surface area contributed by atoms with Crippen molar-refractivity contribution >= 4 is 31.8 Å². The Balaban J connectivity index is 1.56. The summed E-state index contributed by atoms with van der Waals surface area (Å²) in [7, 11) is -1.33. The number of carbonyl (C=O) groups is 1. The summed E-state index contributed by atoms with van der Waals surface area (Å²) in [5.41, 5.74) is 6.98. The molecule has 12 heteroatoms. The average molecular weight is 530 g/mol. The van der Waals surface area contributed by atoms with Crippen molar-refractivity contribution in [1.82, 2.24) is 14.6 Å². The summed E-state index contributed by atoms with van der Waals surface area (Å²) in [6.07, 6.45) is 2.71. The van der Waals surface area contributed by atoms with Crippen LogP contribution in [-0.2, 0) is 13.8 Å². The van der Waals surface area contributed by atoms with E-state index in [0.29, 0.717) is 31.0 Å². The molecule has 1 aliphatic heterocycles. The van der Waals surface area contributed by atoms with E-state index in [0.717, 1.165) is 12.8 Å². The summed E-state index contributed by atoms with van der Waals surface area (Å²) in [5.74, 6) is 0.307. The summed E-state index contributed by atoms with van der Waals surface area (Å²) in [4.78, 5) is 20.8. The standard InChI is InChI=1S/C25H36N7O4P/c1-17(2)32(18(3)4)37(34-14-8-13-26)35-15-20-11-12-21(36-20)30-23-22(27)24(29-16-28-23)31-25(33)19-9-6-5-7-10-19/h5-7,9-10,16-18,20-21H,8,11-12,14-15,27H2,1-4H3,(H2,28,29,30,31,33). The van der Waals surface area contributed by atoms with Crippen molar-refractivity contribution in [1.29, 1.82) is 5.26 Å². The highest BCUT2D eigenvalue weighted by atomic mass is 31.2. The third-order valence-electron chi connectivity index (χ3n) is 5.59. The van der Waals surface area contributed by atoms with Gasteiger partial charge in [-0.1, -0.05) is 18.2 Å². The number of amides is 1. The molecule has 200 valence electrons. The van der Waals surface area contributed by atoms with E-state index in [2.05, 4.69) is 59.0 Å². The maximum absolute atomic E-state index is 12.5. The fourth-order valence-corrected chi connectivity index (χ4v) is 5.56. The zero-order chi connectivity index (χ0) is 26.8. The zero-order valence-corrected chi connectivity index (χ0v) is 22.6. The van der Waals surface area contributed by atoms with Crippen LogP contribution in [0.2, 0.25) is 0 Å². The van der Waals surface area contributed by atoms with Crippen molar-refractivity contribution in [3.05, 3.63) is 42.2 Å². The molecule has 1 aromatic carbocycles. The second kappa shape index (κ2) is 14.2. The van der Waals surface area contributed by atoms with E-state index in [1.54, 1.807) is 24.3 Å². The molecule has 4 N–H and O–H groups in total. The van der Waals surface area contributed by atoms with Crippen molar-refractivity contribution in [3.63, 3.8) is 0 Å². The zero-order valence-electron chi connectivity index (χ0n) is 21.8. The Morgan fingerprint density at radius 3 is 2.57 bits per heavy atom. The molecule has 1 saturated heterocycles. The number of nitriles is 1. The van der Waals surface area contributed by atoms with Crippen LogP contribution in [0.3, 0.4) is 0 Å². The first-order chi connectivity index (χ1) is 17.8. The lowest BCUT2D eigenvalue weighted by molar-refractivity contribution is 0.0246. The lowest BCUT2D eigenvalue weighted by atomic mass is 10.2. The summed E-state index contributed by atoms with van der Waals surface area (Å²) in [6, 6.07) is 11.4. The van der Waals surface area contributed by atoms with Gasteiger partial charge in [0.15, 0.2) is 11.6 Å². The van der Waals surface area contributed by atoms with Gasteiger partial charge in [0.1, 0.15) is 18.2 Å².